The Morgan fingerprint density at radius 3 is 3.00 bits per heavy atom. The molecule has 0 atom stereocenters. The molecule has 0 aromatic carbocycles. The minimum Gasteiger partial charge on any atom is -0.363 e. The number of nitrogens with one attached hydrogen (secondary N) is 1. The molecular formula is C15H18N6O. The van der Waals surface area contributed by atoms with E-state index in [2.05, 4.69) is 27.3 Å². The summed E-state index contributed by atoms with van der Waals surface area (Å²) in [6, 6.07) is 3.86. The van der Waals surface area contributed by atoms with Gasteiger partial charge in [-0.25, -0.2) is 18.9 Å². The van der Waals surface area contributed by atoms with E-state index in [1.165, 1.54) is 9.08 Å². The van der Waals surface area contributed by atoms with Crippen LogP contribution in [0.4, 0.5) is 5.82 Å². The number of anilines is 1. The van der Waals surface area contributed by atoms with Crippen LogP contribution in [0.25, 0.3) is 5.65 Å². The van der Waals surface area contributed by atoms with Gasteiger partial charge in [0.05, 0.1) is 0 Å². The van der Waals surface area contributed by atoms with E-state index in [-0.39, 0.29) is 5.69 Å². The maximum Gasteiger partial charge on any atom is 0.350 e. The van der Waals surface area contributed by atoms with Gasteiger partial charge in [0.1, 0.15) is 0 Å². The van der Waals surface area contributed by atoms with Crippen LogP contribution in [0, 0.1) is 0 Å². The summed E-state index contributed by atoms with van der Waals surface area (Å²) >= 11 is 0. The lowest BCUT2D eigenvalue weighted by Gasteiger charge is -2.05. The van der Waals surface area contributed by atoms with E-state index >= 15 is 0 Å². The second-order valence-corrected chi connectivity index (χ2v) is 5.04. The molecule has 0 aliphatic rings. The zero-order valence-electron chi connectivity index (χ0n) is 12.4. The number of aromatic nitrogens is 5. The predicted octanol–water partition coefficient (Wildman–Crippen LogP) is 1.70. The van der Waals surface area contributed by atoms with Gasteiger partial charge in [0.15, 0.2) is 5.82 Å². The summed E-state index contributed by atoms with van der Waals surface area (Å²) in [4.78, 5) is 20.6. The van der Waals surface area contributed by atoms with Crippen LogP contribution in [0.5, 0.6) is 0 Å². The molecule has 0 unspecified atom stereocenters. The second kappa shape index (κ2) is 6.38. The molecule has 0 radical (unpaired) electrons. The van der Waals surface area contributed by atoms with E-state index in [0.717, 1.165) is 18.4 Å². The molecule has 3 heterocycles. The predicted molar refractivity (Wildman–Crippen MR) is 83.7 cm³/mol. The third-order valence-corrected chi connectivity index (χ3v) is 3.41. The van der Waals surface area contributed by atoms with Crippen molar-refractivity contribution in [1.29, 1.82) is 0 Å². The van der Waals surface area contributed by atoms with Gasteiger partial charge in [-0.05, 0) is 18.1 Å². The summed E-state index contributed by atoms with van der Waals surface area (Å²) in [5.74, 6) is 0.596. The number of aryl methyl sites for hydroxylation is 1. The van der Waals surface area contributed by atoms with Crippen molar-refractivity contribution in [1.82, 2.24) is 24.1 Å². The van der Waals surface area contributed by atoms with Crippen LogP contribution in [0.15, 0.2) is 41.7 Å². The number of unbranched alkanes of at least 4 members (excludes halogenated alkanes) is 1. The Morgan fingerprint density at radius 2 is 2.23 bits per heavy atom. The fourth-order valence-electron chi connectivity index (χ4n) is 2.22. The Kier molecular flexibility index (Phi) is 4.13. The fraction of sp³-hybridized carbons (Fsp3) is 0.333. The molecule has 3 rings (SSSR count). The van der Waals surface area contributed by atoms with Crippen LogP contribution in [-0.4, -0.2) is 24.1 Å². The third-order valence-electron chi connectivity index (χ3n) is 3.41. The van der Waals surface area contributed by atoms with Gasteiger partial charge < -0.3 is 5.32 Å². The molecule has 0 saturated heterocycles. The molecular weight excluding hydrogens is 280 g/mol. The Labute approximate surface area is 127 Å². The molecule has 7 heteroatoms. The molecule has 0 fully saturated rings. The van der Waals surface area contributed by atoms with Crippen LogP contribution in [-0.2, 0) is 13.1 Å². The molecule has 0 spiro atoms. The first kappa shape index (κ1) is 14.2. The lowest BCUT2D eigenvalue weighted by Crippen LogP contribution is -2.21. The van der Waals surface area contributed by atoms with Crippen LogP contribution >= 0.6 is 0 Å². The van der Waals surface area contributed by atoms with E-state index in [4.69, 9.17) is 0 Å². The molecule has 7 nitrogen and oxygen atoms in total. The molecule has 3 aromatic heterocycles. The summed E-state index contributed by atoms with van der Waals surface area (Å²) < 4.78 is 3.02. The minimum absolute atomic E-state index is 0.129. The van der Waals surface area contributed by atoms with Crippen LogP contribution in [0.2, 0.25) is 0 Å². The zero-order valence-corrected chi connectivity index (χ0v) is 12.4. The number of hydrogen-bond acceptors (Lipinski definition) is 5. The lowest BCUT2D eigenvalue weighted by molar-refractivity contribution is 0.554. The highest BCUT2D eigenvalue weighted by Gasteiger charge is 2.11. The Balaban J connectivity index is 1.88. The molecule has 114 valence electrons. The number of pyridine rings is 1. The second-order valence-electron chi connectivity index (χ2n) is 5.04. The van der Waals surface area contributed by atoms with E-state index < -0.39 is 0 Å². The topological polar surface area (TPSA) is 77.1 Å². The summed E-state index contributed by atoms with van der Waals surface area (Å²) in [7, 11) is 0. The highest BCUT2D eigenvalue weighted by Crippen LogP contribution is 2.11. The van der Waals surface area contributed by atoms with Gasteiger partial charge in [0, 0.05) is 37.9 Å². The quantitative estimate of drug-likeness (QED) is 0.749. The van der Waals surface area contributed by atoms with Crippen molar-refractivity contribution in [3.8, 4) is 0 Å². The minimum atomic E-state index is -0.129. The average Bonchev–Trinajstić information content (AvgIpc) is 2.89. The van der Waals surface area contributed by atoms with Crippen molar-refractivity contribution in [2.45, 2.75) is 32.9 Å². The van der Waals surface area contributed by atoms with Crippen molar-refractivity contribution in [2.24, 2.45) is 0 Å². The molecule has 1 N–H and O–H groups in total. The van der Waals surface area contributed by atoms with Gasteiger partial charge in [-0.15, -0.1) is 5.10 Å². The molecule has 0 saturated carbocycles. The van der Waals surface area contributed by atoms with E-state index in [1.807, 2.05) is 12.1 Å². The first-order valence-electron chi connectivity index (χ1n) is 7.36. The molecule has 22 heavy (non-hydrogen) atoms. The van der Waals surface area contributed by atoms with Crippen molar-refractivity contribution < 1.29 is 0 Å². The molecule has 3 aromatic rings. The van der Waals surface area contributed by atoms with Gasteiger partial charge in [0.25, 0.3) is 0 Å². The number of hydrogen-bond donors (Lipinski definition) is 1. The van der Waals surface area contributed by atoms with Crippen molar-refractivity contribution in [3.63, 3.8) is 0 Å². The SMILES string of the molecule is CCCCn1nc2c(NCc3cccnc3)nccn2c1=O. The first-order chi connectivity index (χ1) is 10.8. The summed E-state index contributed by atoms with van der Waals surface area (Å²) in [6.07, 6.45) is 8.71. The lowest BCUT2D eigenvalue weighted by atomic mass is 10.3. The monoisotopic (exact) mass is 298 g/mol. The van der Waals surface area contributed by atoms with Crippen LogP contribution < -0.4 is 11.0 Å². The Bertz CT molecular complexity index is 808. The fourth-order valence-corrected chi connectivity index (χ4v) is 2.22. The molecule has 0 aliphatic carbocycles. The number of fused-ring (bicyclic) bond motifs is 1. The summed E-state index contributed by atoms with van der Waals surface area (Å²) in [6.45, 7) is 3.29. The van der Waals surface area contributed by atoms with Gasteiger partial charge in [-0.3, -0.25) is 4.98 Å². The van der Waals surface area contributed by atoms with Gasteiger partial charge in [0.2, 0.25) is 5.65 Å². The third kappa shape index (κ3) is 2.83. The number of rotatable bonds is 6. The normalized spacial score (nSPS) is 11.0. The first-order valence-corrected chi connectivity index (χ1v) is 7.36. The molecule has 0 bridgehead atoms. The molecule has 0 aliphatic heterocycles. The summed E-state index contributed by atoms with van der Waals surface area (Å²) in [5, 5.41) is 7.60. The standard InChI is InChI=1S/C15H18N6O/c1-2-3-8-21-15(22)20-9-7-17-13(14(20)19-21)18-11-12-5-4-6-16-10-12/h4-7,9-10H,2-3,8,11H2,1H3,(H,17,18). The van der Waals surface area contributed by atoms with E-state index in [0.29, 0.717) is 24.6 Å². The number of nitrogens with zero attached hydrogens (tertiary/aromatic N) is 5. The van der Waals surface area contributed by atoms with E-state index in [9.17, 15) is 4.79 Å². The largest absolute Gasteiger partial charge is 0.363 e. The maximum atomic E-state index is 12.3. The van der Waals surface area contributed by atoms with Gasteiger partial charge in [-0.2, -0.15) is 0 Å². The maximum absolute atomic E-state index is 12.3. The highest BCUT2D eigenvalue weighted by atomic mass is 16.2. The average molecular weight is 298 g/mol. The highest BCUT2D eigenvalue weighted by molar-refractivity contribution is 5.61. The zero-order chi connectivity index (χ0) is 15.4. The van der Waals surface area contributed by atoms with Gasteiger partial charge >= 0.3 is 5.69 Å². The Hall–Kier alpha value is -2.70. The smallest absolute Gasteiger partial charge is 0.350 e. The van der Waals surface area contributed by atoms with Crippen LogP contribution in [0.1, 0.15) is 25.3 Å². The summed E-state index contributed by atoms with van der Waals surface area (Å²) in [5.41, 5.74) is 1.46. The van der Waals surface area contributed by atoms with E-state index in [1.54, 1.807) is 24.8 Å². The van der Waals surface area contributed by atoms with Crippen molar-refractivity contribution >= 4 is 11.5 Å². The van der Waals surface area contributed by atoms with Gasteiger partial charge in [-0.1, -0.05) is 19.4 Å². The van der Waals surface area contributed by atoms with Crippen LogP contribution in [0.3, 0.4) is 0 Å². The van der Waals surface area contributed by atoms with Crippen molar-refractivity contribution in [2.75, 3.05) is 5.32 Å². The Morgan fingerprint density at radius 1 is 1.32 bits per heavy atom. The van der Waals surface area contributed by atoms with Crippen molar-refractivity contribution in [3.05, 3.63) is 53.0 Å². The molecule has 0 amide bonds.